The zero-order chi connectivity index (χ0) is 12.1. The van der Waals surface area contributed by atoms with Gasteiger partial charge in [0, 0.05) is 6.04 Å². The first-order valence-electron chi connectivity index (χ1n) is 6.17. The molecule has 1 N–H and O–H groups in total. The maximum Gasteiger partial charge on any atom is 0.0538 e. The molecule has 0 radical (unpaired) electrons. The van der Waals surface area contributed by atoms with E-state index in [0.29, 0.717) is 11.5 Å². The van der Waals surface area contributed by atoms with Crippen molar-refractivity contribution >= 4 is 0 Å². The minimum absolute atomic E-state index is 0.108. The van der Waals surface area contributed by atoms with Crippen LogP contribution in [0.1, 0.15) is 53.9 Å². The van der Waals surface area contributed by atoms with E-state index in [-0.39, 0.29) is 6.10 Å². The maximum atomic E-state index is 9.45. The summed E-state index contributed by atoms with van der Waals surface area (Å²) in [5.41, 5.74) is 0.331. The van der Waals surface area contributed by atoms with Crippen molar-refractivity contribution in [3.8, 4) is 0 Å². The van der Waals surface area contributed by atoms with E-state index in [1.54, 1.807) is 0 Å². The van der Waals surface area contributed by atoms with E-state index in [9.17, 15) is 5.11 Å². The van der Waals surface area contributed by atoms with E-state index in [1.807, 2.05) is 6.92 Å². The van der Waals surface area contributed by atoms with Gasteiger partial charge in [-0.25, -0.2) is 0 Å². The Labute approximate surface area is 95.7 Å². The molecule has 2 heteroatoms. The fraction of sp³-hybridized carbons (Fsp3) is 1.00. The Hall–Kier alpha value is -0.0800. The Kier molecular flexibility index (Phi) is 6.46. The lowest BCUT2D eigenvalue weighted by atomic mass is 9.87. The van der Waals surface area contributed by atoms with Gasteiger partial charge in [-0.2, -0.15) is 0 Å². The third kappa shape index (κ3) is 6.16. The number of rotatable bonds is 6. The predicted octanol–water partition coefficient (Wildman–Crippen LogP) is 2.90. The Balaban J connectivity index is 3.79. The first kappa shape index (κ1) is 14.9. The van der Waals surface area contributed by atoms with Gasteiger partial charge in [0.25, 0.3) is 0 Å². The molecule has 0 aliphatic rings. The van der Waals surface area contributed by atoms with Crippen molar-refractivity contribution in [2.75, 3.05) is 13.6 Å². The second-order valence-electron chi connectivity index (χ2n) is 5.73. The number of aliphatic hydroxyl groups excluding tert-OH is 1. The minimum atomic E-state index is -0.108. The molecule has 0 saturated carbocycles. The van der Waals surface area contributed by atoms with E-state index in [4.69, 9.17) is 0 Å². The number of hydrogen-bond donors (Lipinski definition) is 1. The summed E-state index contributed by atoms with van der Waals surface area (Å²) in [6.45, 7) is 12.2. The van der Waals surface area contributed by atoms with Crippen LogP contribution in [0.25, 0.3) is 0 Å². The summed E-state index contributed by atoms with van der Waals surface area (Å²) in [5.74, 6) is 0. The Bertz CT molecular complexity index is 162. The average Bonchev–Trinajstić information content (AvgIpc) is 2.14. The van der Waals surface area contributed by atoms with Crippen LogP contribution in [-0.4, -0.2) is 35.7 Å². The number of hydrogen-bond acceptors (Lipinski definition) is 2. The summed E-state index contributed by atoms with van der Waals surface area (Å²) in [6.07, 6.45) is 2.78. The third-order valence-corrected chi connectivity index (χ3v) is 3.43. The molecule has 2 nitrogen and oxygen atoms in total. The first-order valence-corrected chi connectivity index (χ1v) is 6.17. The second kappa shape index (κ2) is 6.49. The van der Waals surface area contributed by atoms with Gasteiger partial charge in [0.05, 0.1) is 6.10 Å². The highest BCUT2D eigenvalue weighted by atomic mass is 16.3. The Morgan fingerprint density at radius 3 is 2.20 bits per heavy atom. The fourth-order valence-electron chi connectivity index (χ4n) is 1.64. The van der Waals surface area contributed by atoms with E-state index in [0.717, 1.165) is 25.8 Å². The molecule has 2 atom stereocenters. The van der Waals surface area contributed by atoms with E-state index < -0.39 is 0 Å². The normalized spacial score (nSPS) is 16.8. The molecule has 0 heterocycles. The predicted molar refractivity (Wildman–Crippen MR) is 67.1 cm³/mol. The lowest BCUT2D eigenvalue weighted by Gasteiger charge is -2.35. The first-order chi connectivity index (χ1) is 6.79. The lowest BCUT2D eigenvalue weighted by molar-refractivity contribution is 0.120. The van der Waals surface area contributed by atoms with Crippen molar-refractivity contribution in [2.45, 2.75) is 66.0 Å². The number of nitrogens with zero attached hydrogens (tertiary/aromatic N) is 1. The van der Waals surface area contributed by atoms with Crippen LogP contribution >= 0.6 is 0 Å². The van der Waals surface area contributed by atoms with E-state index in [2.05, 4.69) is 39.6 Å². The van der Waals surface area contributed by atoms with Crippen molar-refractivity contribution in [3.63, 3.8) is 0 Å². The van der Waals surface area contributed by atoms with Gasteiger partial charge < -0.3 is 10.0 Å². The highest BCUT2D eigenvalue weighted by molar-refractivity contribution is 4.77. The summed E-state index contributed by atoms with van der Waals surface area (Å²) in [6, 6.07) is 0.580. The average molecular weight is 215 g/mol. The Morgan fingerprint density at radius 2 is 1.80 bits per heavy atom. The second-order valence-corrected chi connectivity index (χ2v) is 5.73. The summed E-state index contributed by atoms with van der Waals surface area (Å²) in [4.78, 5) is 2.39. The molecule has 92 valence electrons. The molecule has 0 aliphatic heterocycles. The van der Waals surface area contributed by atoms with Gasteiger partial charge in [-0.05, 0) is 45.2 Å². The van der Waals surface area contributed by atoms with Crippen molar-refractivity contribution < 1.29 is 5.11 Å². The zero-order valence-electron chi connectivity index (χ0n) is 11.4. The van der Waals surface area contributed by atoms with Gasteiger partial charge in [0.15, 0.2) is 0 Å². The summed E-state index contributed by atoms with van der Waals surface area (Å²) in [7, 11) is 2.17. The zero-order valence-corrected chi connectivity index (χ0v) is 11.4. The highest BCUT2D eigenvalue weighted by Gasteiger charge is 2.23. The summed E-state index contributed by atoms with van der Waals surface area (Å²) in [5, 5.41) is 9.45. The topological polar surface area (TPSA) is 23.5 Å². The molecular formula is C13H29NO. The third-order valence-electron chi connectivity index (χ3n) is 3.43. The van der Waals surface area contributed by atoms with Gasteiger partial charge in [0.1, 0.15) is 0 Å². The van der Waals surface area contributed by atoms with E-state index >= 15 is 0 Å². The van der Waals surface area contributed by atoms with Crippen LogP contribution < -0.4 is 0 Å². The molecule has 15 heavy (non-hydrogen) atoms. The molecule has 0 bridgehead atoms. The lowest BCUT2D eigenvalue weighted by Crippen LogP contribution is -2.39. The summed E-state index contributed by atoms with van der Waals surface area (Å²) < 4.78 is 0. The van der Waals surface area contributed by atoms with Crippen LogP contribution in [0, 0.1) is 5.41 Å². The molecule has 2 unspecified atom stereocenters. The molecule has 0 aliphatic carbocycles. The fourth-order valence-corrected chi connectivity index (χ4v) is 1.64. The van der Waals surface area contributed by atoms with Crippen LogP contribution in [0.4, 0.5) is 0 Å². The largest absolute Gasteiger partial charge is 0.393 e. The molecule has 0 saturated heterocycles. The quantitative estimate of drug-likeness (QED) is 0.736. The molecule has 0 rings (SSSR count). The molecule has 0 aromatic heterocycles. The standard InChI is InChI=1S/C13H29NO/c1-7-12(15)9-8-10-14(6)11(2)13(3,4)5/h11-12,15H,7-10H2,1-6H3. The molecule has 0 spiro atoms. The van der Waals surface area contributed by atoms with Gasteiger partial charge >= 0.3 is 0 Å². The highest BCUT2D eigenvalue weighted by Crippen LogP contribution is 2.23. The van der Waals surface area contributed by atoms with Gasteiger partial charge in [-0.3, -0.25) is 0 Å². The van der Waals surface area contributed by atoms with Gasteiger partial charge in [-0.1, -0.05) is 27.7 Å². The monoisotopic (exact) mass is 215 g/mol. The number of aliphatic hydroxyl groups is 1. The molecular weight excluding hydrogens is 186 g/mol. The van der Waals surface area contributed by atoms with Crippen molar-refractivity contribution in [1.29, 1.82) is 0 Å². The molecule has 0 aromatic rings. The molecule has 0 amide bonds. The van der Waals surface area contributed by atoms with Crippen molar-refractivity contribution in [1.82, 2.24) is 4.90 Å². The molecule has 0 fully saturated rings. The van der Waals surface area contributed by atoms with Gasteiger partial charge in [-0.15, -0.1) is 0 Å². The Morgan fingerprint density at radius 1 is 1.27 bits per heavy atom. The smallest absolute Gasteiger partial charge is 0.0538 e. The van der Waals surface area contributed by atoms with Crippen molar-refractivity contribution in [2.24, 2.45) is 5.41 Å². The molecule has 0 aromatic carbocycles. The van der Waals surface area contributed by atoms with Crippen LogP contribution in [0.2, 0.25) is 0 Å². The van der Waals surface area contributed by atoms with Crippen LogP contribution in [0.5, 0.6) is 0 Å². The van der Waals surface area contributed by atoms with E-state index in [1.165, 1.54) is 0 Å². The van der Waals surface area contributed by atoms with Crippen LogP contribution in [-0.2, 0) is 0 Å². The van der Waals surface area contributed by atoms with Crippen LogP contribution in [0.15, 0.2) is 0 Å². The van der Waals surface area contributed by atoms with Crippen LogP contribution in [0.3, 0.4) is 0 Å². The SMILES string of the molecule is CCC(O)CCCN(C)C(C)C(C)(C)C. The maximum absolute atomic E-state index is 9.45. The minimum Gasteiger partial charge on any atom is -0.393 e. The van der Waals surface area contributed by atoms with Gasteiger partial charge in [0.2, 0.25) is 0 Å². The summed E-state index contributed by atoms with van der Waals surface area (Å²) >= 11 is 0. The van der Waals surface area contributed by atoms with Crippen molar-refractivity contribution in [3.05, 3.63) is 0 Å².